The molecule has 0 saturated carbocycles. The molecular formula is C16H21N3O2. The molecule has 0 aromatic carbocycles. The standard InChI is InChI=1S/C16H21N3O2/c1-18-10-13(11-19-6-2-4-14(19)12-18)8-16(20)17-9-15-5-3-7-21-15/h2-7,13H,8-12H2,1H3,(H,17,20)/t13-/m0/s1. The highest BCUT2D eigenvalue weighted by Gasteiger charge is 2.21. The van der Waals surface area contributed by atoms with Gasteiger partial charge in [0.05, 0.1) is 12.8 Å². The van der Waals surface area contributed by atoms with Gasteiger partial charge in [-0.2, -0.15) is 0 Å². The fraction of sp³-hybridized carbons (Fsp3) is 0.438. The van der Waals surface area contributed by atoms with Crippen LogP contribution in [0.1, 0.15) is 17.9 Å². The van der Waals surface area contributed by atoms with Gasteiger partial charge in [-0.25, -0.2) is 0 Å². The molecule has 5 heteroatoms. The summed E-state index contributed by atoms with van der Waals surface area (Å²) in [6.45, 7) is 3.25. The first kappa shape index (κ1) is 13.9. The molecule has 1 aliphatic rings. The second kappa shape index (κ2) is 6.18. The van der Waals surface area contributed by atoms with Crippen LogP contribution < -0.4 is 5.32 Å². The van der Waals surface area contributed by atoms with E-state index in [1.54, 1.807) is 6.26 Å². The zero-order valence-corrected chi connectivity index (χ0v) is 12.3. The third kappa shape index (κ3) is 3.55. The van der Waals surface area contributed by atoms with Crippen LogP contribution in [0.4, 0.5) is 0 Å². The number of aromatic nitrogens is 1. The van der Waals surface area contributed by atoms with Crippen molar-refractivity contribution < 1.29 is 9.21 Å². The van der Waals surface area contributed by atoms with Crippen LogP contribution in [0.5, 0.6) is 0 Å². The molecule has 1 aliphatic heterocycles. The van der Waals surface area contributed by atoms with Gasteiger partial charge in [0.2, 0.25) is 5.91 Å². The zero-order chi connectivity index (χ0) is 14.7. The summed E-state index contributed by atoms with van der Waals surface area (Å²) < 4.78 is 7.48. The number of amides is 1. The van der Waals surface area contributed by atoms with Gasteiger partial charge in [0, 0.05) is 37.9 Å². The van der Waals surface area contributed by atoms with Gasteiger partial charge >= 0.3 is 0 Å². The van der Waals surface area contributed by atoms with Gasteiger partial charge in [0.1, 0.15) is 5.76 Å². The quantitative estimate of drug-likeness (QED) is 0.933. The highest BCUT2D eigenvalue weighted by atomic mass is 16.3. The number of hydrogen-bond acceptors (Lipinski definition) is 3. The molecule has 0 fully saturated rings. The maximum Gasteiger partial charge on any atom is 0.220 e. The Morgan fingerprint density at radius 2 is 2.29 bits per heavy atom. The Bertz CT molecular complexity index is 588. The summed E-state index contributed by atoms with van der Waals surface area (Å²) in [4.78, 5) is 14.4. The molecule has 1 amide bonds. The average Bonchev–Trinajstić information content (AvgIpc) is 3.06. The van der Waals surface area contributed by atoms with Crippen LogP contribution in [0.15, 0.2) is 41.1 Å². The van der Waals surface area contributed by atoms with Crippen LogP contribution in [-0.2, 0) is 24.4 Å². The lowest BCUT2D eigenvalue weighted by atomic mass is 10.0. The fourth-order valence-electron chi connectivity index (χ4n) is 2.95. The first-order valence-corrected chi connectivity index (χ1v) is 7.32. The van der Waals surface area contributed by atoms with E-state index in [2.05, 4.69) is 40.2 Å². The van der Waals surface area contributed by atoms with E-state index >= 15 is 0 Å². The van der Waals surface area contributed by atoms with Gasteiger partial charge in [-0.1, -0.05) is 0 Å². The Hall–Kier alpha value is -2.01. The van der Waals surface area contributed by atoms with Crippen molar-refractivity contribution in [2.24, 2.45) is 5.92 Å². The van der Waals surface area contributed by atoms with Gasteiger partial charge < -0.3 is 19.2 Å². The van der Waals surface area contributed by atoms with Crippen molar-refractivity contribution in [3.8, 4) is 0 Å². The second-order valence-corrected chi connectivity index (χ2v) is 5.77. The molecule has 0 bridgehead atoms. The predicted octanol–water partition coefficient (Wildman–Crippen LogP) is 1.85. The third-order valence-electron chi connectivity index (χ3n) is 3.89. The van der Waals surface area contributed by atoms with Crippen LogP contribution in [-0.4, -0.2) is 29.0 Å². The Morgan fingerprint density at radius 3 is 3.10 bits per heavy atom. The topological polar surface area (TPSA) is 50.4 Å². The smallest absolute Gasteiger partial charge is 0.220 e. The SMILES string of the molecule is CN1Cc2cccn2C[C@@H](CC(=O)NCc2ccco2)C1. The van der Waals surface area contributed by atoms with Crippen LogP contribution >= 0.6 is 0 Å². The molecular weight excluding hydrogens is 266 g/mol. The molecule has 2 aromatic heterocycles. The number of hydrogen-bond donors (Lipinski definition) is 1. The summed E-state index contributed by atoms with van der Waals surface area (Å²) >= 11 is 0. The van der Waals surface area contributed by atoms with E-state index in [-0.39, 0.29) is 5.91 Å². The minimum atomic E-state index is 0.0837. The van der Waals surface area contributed by atoms with Crippen molar-refractivity contribution >= 4 is 5.91 Å². The minimum Gasteiger partial charge on any atom is -0.467 e. The first-order chi connectivity index (χ1) is 10.2. The van der Waals surface area contributed by atoms with Gasteiger partial charge in [-0.15, -0.1) is 0 Å². The zero-order valence-electron chi connectivity index (χ0n) is 12.3. The largest absolute Gasteiger partial charge is 0.467 e. The predicted molar refractivity (Wildman–Crippen MR) is 79.4 cm³/mol. The number of nitrogens with one attached hydrogen (secondary N) is 1. The molecule has 0 saturated heterocycles. The molecule has 1 atom stereocenters. The minimum absolute atomic E-state index is 0.0837. The van der Waals surface area contributed by atoms with Crippen molar-refractivity contribution in [3.63, 3.8) is 0 Å². The summed E-state index contributed by atoms with van der Waals surface area (Å²) in [7, 11) is 2.11. The van der Waals surface area contributed by atoms with Crippen molar-refractivity contribution in [1.82, 2.24) is 14.8 Å². The van der Waals surface area contributed by atoms with E-state index in [0.717, 1.165) is 25.4 Å². The van der Waals surface area contributed by atoms with Crippen molar-refractivity contribution in [3.05, 3.63) is 48.2 Å². The van der Waals surface area contributed by atoms with E-state index < -0.39 is 0 Å². The van der Waals surface area contributed by atoms with E-state index in [4.69, 9.17) is 4.42 Å². The first-order valence-electron chi connectivity index (χ1n) is 7.32. The number of furan rings is 1. The van der Waals surface area contributed by atoms with Gasteiger partial charge in [-0.3, -0.25) is 4.79 Å². The summed E-state index contributed by atoms with van der Waals surface area (Å²) in [6.07, 6.45) is 4.26. The van der Waals surface area contributed by atoms with E-state index in [1.165, 1.54) is 5.69 Å². The maximum atomic E-state index is 12.1. The third-order valence-corrected chi connectivity index (χ3v) is 3.89. The molecule has 112 valence electrons. The molecule has 1 N–H and O–H groups in total. The van der Waals surface area contributed by atoms with Crippen molar-refractivity contribution in [2.45, 2.75) is 26.1 Å². The number of carbonyl (C=O) groups is 1. The monoisotopic (exact) mass is 287 g/mol. The summed E-state index contributed by atoms with van der Waals surface area (Å²) in [5, 5.41) is 2.92. The Balaban J connectivity index is 1.55. The maximum absolute atomic E-state index is 12.1. The molecule has 5 nitrogen and oxygen atoms in total. The molecule has 0 unspecified atom stereocenters. The molecule has 0 radical (unpaired) electrons. The average molecular weight is 287 g/mol. The van der Waals surface area contributed by atoms with Crippen LogP contribution in [0.3, 0.4) is 0 Å². The van der Waals surface area contributed by atoms with E-state index in [0.29, 0.717) is 18.9 Å². The highest BCUT2D eigenvalue weighted by molar-refractivity contribution is 5.76. The lowest BCUT2D eigenvalue weighted by molar-refractivity contribution is -0.122. The van der Waals surface area contributed by atoms with Gasteiger partial charge in [-0.05, 0) is 37.2 Å². The number of fused-ring (bicyclic) bond motifs is 1. The summed E-state index contributed by atoms with van der Waals surface area (Å²) in [6, 6.07) is 7.92. The molecule has 3 heterocycles. The van der Waals surface area contributed by atoms with Crippen molar-refractivity contribution in [2.75, 3.05) is 13.6 Å². The highest BCUT2D eigenvalue weighted by Crippen LogP contribution is 2.18. The van der Waals surface area contributed by atoms with Gasteiger partial charge in [0.25, 0.3) is 0 Å². The van der Waals surface area contributed by atoms with Crippen molar-refractivity contribution in [1.29, 1.82) is 0 Å². The lowest BCUT2D eigenvalue weighted by Crippen LogP contribution is -2.30. The Morgan fingerprint density at radius 1 is 1.38 bits per heavy atom. The number of rotatable bonds is 4. The summed E-state index contributed by atoms with van der Waals surface area (Å²) in [5.41, 5.74) is 1.32. The number of carbonyl (C=O) groups excluding carboxylic acids is 1. The fourth-order valence-corrected chi connectivity index (χ4v) is 2.95. The van der Waals surface area contributed by atoms with E-state index in [9.17, 15) is 4.79 Å². The van der Waals surface area contributed by atoms with E-state index in [1.807, 2.05) is 12.1 Å². The van der Waals surface area contributed by atoms with Crippen LogP contribution in [0.25, 0.3) is 0 Å². The molecule has 21 heavy (non-hydrogen) atoms. The second-order valence-electron chi connectivity index (χ2n) is 5.77. The Kier molecular flexibility index (Phi) is 4.10. The number of nitrogens with zero attached hydrogens (tertiary/aromatic N) is 2. The summed E-state index contributed by atoms with van der Waals surface area (Å²) in [5.74, 6) is 1.20. The molecule has 0 aliphatic carbocycles. The Labute approximate surface area is 124 Å². The molecule has 0 spiro atoms. The van der Waals surface area contributed by atoms with Gasteiger partial charge in [0.15, 0.2) is 0 Å². The normalized spacial score (nSPS) is 19.0. The lowest BCUT2D eigenvalue weighted by Gasteiger charge is -2.19. The molecule has 3 rings (SSSR count). The van der Waals surface area contributed by atoms with Crippen LogP contribution in [0, 0.1) is 5.92 Å². The van der Waals surface area contributed by atoms with Crippen LogP contribution in [0.2, 0.25) is 0 Å². The molecule has 2 aromatic rings.